The lowest BCUT2D eigenvalue weighted by Gasteiger charge is -2.21. The van der Waals surface area contributed by atoms with Crippen LogP contribution in [0.15, 0.2) is 24.4 Å². The van der Waals surface area contributed by atoms with Crippen molar-refractivity contribution in [2.45, 2.75) is 38.6 Å². The van der Waals surface area contributed by atoms with Crippen molar-refractivity contribution < 1.29 is 13.6 Å². The van der Waals surface area contributed by atoms with Gasteiger partial charge in [-0.05, 0) is 31.0 Å². The molecule has 3 N–H and O–H groups in total. The van der Waals surface area contributed by atoms with E-state index in [1.165, 1.54) is 17.4 Å². The zero-order valence-electron chi connectivity index (χ0n) is 13.0. The number of amides is 1. The Morgan fingerprint density at radius 3 is 2.78 bits per heavy atom. The molecule has 2 aromatic rings. The maximum Gasteiger partial charge on any atom is 0.245 e. The van der Waals surface area contributed by atoms with Gasteiger partial charge in [0, 0.05) is 17.5 Å². The molecule has 0 saturated heterocycles. The molecular weight excluding hydrogens is 320 g/mol. The molecule has 0 radical (unpaired) electrons. The molecule has 1 amide bonds. The summed E-state index contributed by atoms with van der Waals surface area (Å²) in [4.78, 5) is 17.1. The Bertz CT molecular complexity index is 700. The van der Waals surface area contributed by atoms with Crippen molar-refractivity contribution in [1.29, 1.82) is 0 Å². The van der Waals surface area contributed by atoms with Crippen LogP contribution in [-0.4, -0.2) is 16.4 Å². The Morgan fingerprint density at radius 2 is 2.13 bits per heavy atom. The van der Waals surface area contributed by atoms with Crippen LogP contribution < -0.4 is 11.1 Å². The summed E-state index contributed by atoms with van der Waals surface area (Å²) < 4.78 is 26.1. The summed E-state index contributed by atoms with van der Waals surface area (Å²) in [5.41, 5.74) is 5.66. The lowest BCUT2D eigenvalue weighted by molar-refractivity contribution is -0.120. The van der Waals surface area contributed by atoms with Crippen molar-refractivity contribution >= 4 is 22.4 Å². The Balaban J connectivity index is 2.03. The highest BCUT2D eigenvalue weighted by Crippen LogP contribution is 2.23. The van der Waals surface area contributed by atoms with Gasteiger partial charge in [-0.3, -0.25) is 4.79 Å². The van der Waals surface area contributed by atoms with Gasteiger partial charge in [0.25, 0.3) is 0 Å². The van der Waals surface area contributed by atoms with Crippen molar-refractivity contribution in [2.75, 3.05) is 5.32 Å². The Morgan fingerprint density at radius 1 is 1.39 bits per heavy atom. The molecule has 0 fully saturated rings. The van der Waals surface area contributed by atoms with Crippen LogP contribution in [0.2, 0.25) is 0 Å². The van der Waals surface area contributed by atoms with Gasteiger partial charge in [-0.2, -0.15) is 0 Å². The quantitative estimate of drug-likeness (QED) is 0.847. The van der Waals surface area contributed by atoms with Crippen LogP contribution in [0.5, 0.6) is 0 Å². The molecular formula is C16H19F2N3OS. The van der Waals surface area contributed by atoms with Crippen LogP contribution in [0, 0.1) is 11.6 Å². The van der Waals surface area contributed by atoms with Gasteiger partial charge >= 0.3 is 0 Å². The van der Waals surface area contributed by atoms with E-state index in [1.807, 2.05) is 6.92 Å². The minimum absolute atomic E-state index is 0.284. The highest BCUT2D eigenvalue weighted by molar-refractivity contribution is 7.15. The summed E-state index contributed by atoms with van der Waals surface area (Å²) in [5, 5.41) is 3.15. The molecule has 0 aliphatic carbocycles. The fraction of sp³-hybridized carbons (Fsp3) is 0.375. The molecule has 0 bridgehead atoms. The van der Waals surface area contributed by atoms with E-state index in [2.05, 4.69) is 10.3 Å². The van der Waals surface area contributed by atoms with Crippen LogP contribution in [0.3, 0.4) is 0 Å². The maximum absolute atomic E-state index is 13.2. The third-order valence-electron chi connectivity index (χ3n) is 3.42. The summed E-state index contributed by atoms with van der Waals surface area (Å²) in [6.45, 7) is 3.64. The van der Waals surface area contributed by atoms with E-state index in [0.29, 0.717) is 23.5 Å². The van der Waals surface area contributed by atoms with Gasteiger partial charge in [0.2, 0.25) is 5.91 Å². The number of nitrogens with zero attached hydrogens (tertiary/aromatic N) is 1. The first-order valence-electron chi connectivity index (χ1n) is 7.31. The molecule has 1 heterocycles. The molecule has 0 spiro atoms. The van der Waals surface area contributed by atoms with Gasteiger partial charge in [-0.1, -0.05) is 19.4 Å². The predicted molar refractivity (Wildman–Crippen MR) is 87.4 cm³/mol. The highest BCUT2D eigenvalue weighted by atomic mass is 32.1. The van der Waals surface area contributed by atoms with Crippen LogP contribution in [0.1, 0.15) is 37.1 Å². The van der Waals surface area contributed by atoms with Gasteiger partial charge in [0.05, 0.1) is 5.54 Å². The third-order valence-corrected chi connectivity index (χ3v) is 4.34. The zero-order chi connectivity index (χ0) is 17.0. The van der Waals surface area contributed by atoms with Crippen molar-refractivity contribution in [3.05, 3.63) is 46.5 Å². The fourth-order valence-electron chi connectivity index (χ4n) is 2.17. The molecule has 0 saturated carbocycles. The van der Waals surface area contributed by atoms with Gasteiger partial charge in [-0.25, -0.2) is 13.8 Å². The molecule has 1 unspecified atom stereocenters. The number of halogens is 2. The van der Waals surface area contributed by atoms with Gasteiger partial charge in [0.15, 0.2) is 16.8 Å². The summed E-state index contributed by atoms with van der Waals surface area (Å²) in [6.07, 6.45) is 3.40. The van der Waals surface area contributed by atoms with E-state index in [4.69, 9.17) is 5.73 Å². The first-order valence-corrected chi connectivity index (χ1v) is 8.12. The summed E-state index contributed by atoms with van der Waals surface area (Å²) in [7, 11) is 0. The monoisotopic (exact) mass is 339 g/mol. The topological polar surface area (TPSA) is 68.0 Å². The molecule has 7 heteroatoms. The number of carbonyl (C=O) groups excluding carboxylic acids is 1. The second-order valence-electron chi connectivity index (χ2n) is 5.68. The number of aromatic nitrogens is 1. The standard InChI is InChI=1S/C16H19F2N3OS/c1-3-6-16(2,19)14(22)21-15-20-9-11(23-15)7-10-4-5-12(17)13(18)8-10/h4-5,8-9H,3,6-7,19H2,1-2H3,(H,20,21,22). The molecule has 1 aromatic heterocycles. The molecule has 1 atom stereocenters. The second kappa shape index (κ2) is 7.14. The molecule has 4 nitrogen and oxygen atoms in total. The smallest absolute Gasteiger partial charge is 0.245 e. The number of nitrogens with one attached hydrogen (secondary N) is 1. The van der Waals surface area contributed by atoms with E-state index in [9.17, 15) is 13.6 Å². The van der Waals surface area contributed by atoms with Crippen molar-refractivity contribution in [3.8, 4) is 0 Å². The summed E-state index contributed by atoms with van der Waals surface area (Å²) in [5.74, 6) is -2.03. The second-order valence-corrected chi connectivity index (χ2v) is 6.79. The number of hydrogen-bond acceptors (Lipinski definition) is 4. The zero-order valence-corrected chi connectivity index (χ0v) is 13.8. The SMILES string of the molecule is CCCC(C)(N)C(=O)Nc1ncc(Cc2ccc(F)c(F)c2)s1. The van der Waals surface area contributed by atoms with E-state index < -0.39 is 17.2 Å². The molecule has 1 aromatic carbocycles. The number of benzene rings is 1. The van der Waals surface area contributed by atoms with Crippen molar-refractivity contribution in [3.63, 3.8) is 0 Å². The molecule has 2 rings (SSSR count). The number of anilines is 1. The molecule has 0 aliphatic rings. The van der Waals surface area contributed by atoms with Crippen LogP contribution in [0.25, 0.3) is 0 Å². The fourth-order valence-corrected chi connectivity index (χ4v) is 3.01. The molecule has 0 aliphatic heterocycles. The van der Waals surface area contributed by atoms with E-state index in [-0.39, 0.29) is 5.91 Å². The number of thiazole rings is 1. The number of hydrogen-bond donors (Lipinski definition) is 2. The number of carbonyl (C=O) groups is 1. The van der Waals surface area contributed by atoms with E-state index in [1.54, 1.807) is 13.1 Å². The third kappa shape index (κ3) is 4.56. The van der Waals surface area contributed by atoms with E-state index in [0.717, 1.165) is 23.4 Å². The summed E-state index contributed by atoms with van der Waals surface area (Å²) in [6, 6.07) is 3.78. The normalized spacial score (nSPS) is 13.6. The Kier molecular flexibility index (Phi) is 5.43. The first-order chi connectivity index (χ1) is 10.8. The minimum Gasteiger partial charge on any atom is -0.318 e. The average molecular weight is 339 g/mol. The number of rotatable bonds is 6. The largest absolute Gasteiger partial charge is 0.318 e. The van der Waals surface area contributed by atoms with Crippen molar-refractivity contribution in [2.24, 2.45) is 5.73 Å². The molecule has 124 valence electrons. The van der Waals surface area contributed by atoms with E-state index >= 15 is 0 Å². The Labute approximate surface area is 137 Å². The maximum atomic E-state index is 13.2. The van der Waals surface area contributed by atoms with Crippen LogP contribution in [-0.2, 0) is 11.2 Å². The lowest BCUT2D eigenvalue weighted by Crippen LogP contribution is -2.48. The van der Waals surface area contributed by atoms with Crippen molar-refractivity contribution in [1.82, 2.24) is 4.98 Å². The van der Waals surface area contributed by atoms with Gasteiger partial charge in [0.1, 0.15) is 0 Å². The highest BCUT2D eigenvalue weighted by Gasteiger charge is 2.27. The van der Waals surface area contributed by atoms with Crippen LogP contribution in [0.4, 0.5) is 13.9 Å². The average Bonchev–Trinajstić information content (AvgIpc) is 2.90. The summed E-state index contributed by atoms with van der Waals surface area (Å²) >= 11 is 1.29. The van der Waals surface area contributed by atoms with Crippen LogP contribution >= 0.6 is 11.3 Å². The minimum atomic E-state index is -0.944. The van der Waals surface area contributed by atoms with Gasteiger partial charge in [-0.15, -0.1) is 11.3 Å². The number of nitrogens with two attached hydrogens (primary N) is 1. The predicted octanol–water partition coefficient (Wildman–Crippen LogP) is 3.47. The van der Waals surface area contributed by atoms with Gasteiger partial charge < -0.3 is 11.1 Å². The Hall–Kier alpha value is -1.86. The molecule has 23 heavy (non-hydrogen) atoms. The lowest BCUT2D eigenvalue weighted by atomic mass is 9.97. The first kappa shape index (κ1) is 17.5.